The number of nitrogens with one attached hydrogen (secondary N) is 2. The van der Waals surface area contributed by atoms with Gasteiger partial charge in [-0.25, -0.2) is 4.99 Å². The van der Waals surface area contributed by atoms with Crippen LogP contribution in [0.5, 0.6) is 11.5 Å². The molecule has 0 saturated carbocycles. The van der Waals surface area contributed by atoms with E-state index in [1.165, 1.54) is 18.1 Å². The Balaban J connectivity index is 2.14. The average Bonchev–Trinajstić information content (AvgIpc) is 3.20. The van der Waals surface area contributed by atoms with Crippen molar-refractivity contribution in [2.75, 3.05) is 47.4 Å². The number of ether oxygens (including phenoxy) is 2. The van der Waals surface area contributed by atoms with Crippen molar-refractivity contribution in [3.05, 3.63) is 23.8 Å². The van der Waals surface area contributed by atoms with Crippen LogP contribution >= 0.6 is 0 Å². The van der Waals surface area contributed by atoms with Gasteiger partial charge in [0.1, 0.15) is 11.5 Å². The van der Waals surface area contributed by atoms with Gasteiger partial charge in [0.15, 0.2) is 5.96 Å². The number of carbonyl (C=O) groups excluding carboxylic acids is 1. The molecule has 1 heterocycles. The van der Waals surface area contributed by atoms with E-state index in [0.29, 0.717) is 29.9 Å². The highest BCUT2D eigenvalue weighted by atomic mass is 19.3. The molecule has 174 valence electrons. The first-order chi connectivity index (χ1) is 14.8. The van der Waals surface area contributed by atoms with Crippen molar-refractivity contribution >= 4 is 11.9 Å². The van der Waals surface area contributed by atoms with Crippen LogP contribution < -0.4 is 20.1 Å². The van der Waals surface area contributed by atoms with Crippen LogP contribution in [0.2, 0.25) is 0 Å². The van der Waals surface area contributed by atoms with E-state index < -0.39 is 6.61 Å². The second-order valence-corrected chi connectivity index (χ2v) is 7.46. The molecule has 1 aromatic rings. The minimum absolute atomic E-state index is 0.0382. The molecule has 1 aromatic carbocycles. The predicted octanol–water partition coefficient (Wildman–Crippen LogP) is 1.90. The molecule has 2 rings (SSSR count). The van der Waals surface area contributed by atoms with Gasteiger partial charge in [0.2, 0.25) is 5.91 Å². The Morgan fingerprint density at radius 2 is 2.13 bits per heavy atom. The van der Waals surface area contributed by atoms with Gasteiger partial charge in [0.05, 0.1) is 20.2 Å². The van der Waals surface area contributed by atoms with E-state index in [0.717, 1.165) is 25.9 Å². The number of carbonyl (C=O) groups is 1. The summed E-state index contributed by atoms with van der Waals surface area (Å²) in [6.07, 6.45) is 2.24. The maximum absolute atomic E-state index is 12.8. The highest BCUT2D eigenvalue weighted by Crippen LogP contribution is 2.26. The number of nitrogens with zero attached hydrogens (tertiary/aromatic N) is 3. The fourth-order valence-electron chi connectivity index (χ4n) is 3.43. The van der Waals surface area contributed by atoms with Crippen molar-refractivity contribution in [1.29, 1.82) is 0 Å². The van der Waals surface area contributed by atoms with Gasteiger partial charge in [-0.1, -0.05) is 6.92 Å². The first-order valence-corrected chi connectivity index (χ1v) is 10.4. The van der Waals surface area contributed by atoms with Gasteiger partial charge in [-0.3, -0.25) is 9.69 Å². The lowest BCUT2D eigenvalue weighted by Gasteiger charge is -2.24. The van der Waals surface area contributed by atoms with E-state index in [1.807, 2.05) is 0 Å². The number of rotatable bonds is 10. The minimum Gasteiger partial charge on any atom is -0.497 e. The smallest absolute Gasteiger partial charge is 0.387 e. The molecule has 0 bridgehead atoms. The maximum atomic E-state index is 12.8. The Bertz CT molecular complexity index is 746. The summed E-state index contributed by atoms with van der Waals surface area (Å²) in [5.41, 5.74) is 0.454. The molecule has 2 N–H and O–H groups in total. The van der Waals surface area contributed by atoms with Crippen LogP contribution in [0, 0.1) is 0 Å². The van der Waals surface area contributed by atoms with Crippen molar-refractivity contribution in [3.8, 4) is 11.5 Å². The first-order valence-electron chi connectivity index (χ1n) is 10.4. The minimum atomic E-state index is -2.94. The lowest BCUT2D eigenvalue weighted by molar-refractivity contribution is -0.127. The number of likely N-dealkylation sites (tertiary alicyclic amines) is 1. The van der Waals surface area contributed by atoms with Crippen LogP contribution in [0.4, 0.5) is 8.78 Å². The molecule has 10 heteroatoms. The summed E-state index contributed by atoms with van der Waals surface area (Å²) in [5, 5.41) is 6.31. The van der Waals surface area contributed by atoms with Crippen LogP contribution in [0.1, 0.15) is 25.3 Å². The second kappa shape index (κ2) is 12.3. The molecule has 0 radical (unpaired) electrons. The Hall–Kier alpha value is -2.62. The van der Waals surface area contributed by atoms with Gasteiger partial charge in [0, 0.05) is 32.2 Å². The largest absolute Gasteiger partial charge is 0.497 e. The Kier molecular flexibility index (Phi) is 9.77. The molecule has 0 aromatic heterocycles. The molecular formula is C21H33F2N5O3. The number of alkyl halides is 2. The van der Waals surface area contributed by atoms with E-state index in [9.17, 15) is 13.6 Å². The summed E-state index contributed by atoms with van der Waals surface area (Å²) in [6.45, 7) is 2.06. The molecule has 1 atom stereocenters. The summed E-state index contributed by atoms with van der Waals surface area (Å²) in [5.74, 6) is 0.885. The highest BCUT2D eigenvalue weighted by molar-refractivity contribution is 5.86. The molecule has 0 aliphatic carbocycles. The number of hydrogen-bond donors (Lipinski definition) is 2. The van der Waals surface area contributed by atoms with Crippen LogP contribution in [0.15, 0.2) is 23.2 Å². The summed E-state index contributed by atoms with van der Waals surface area (Å²) >= 11 is 0. The van der Waals surface area contributed by atoms with E-state index in [-0.39, 0.29) is 24.7 Å². The molecule has 31 heavy (non-hydrogen) atoms. The first kappa shape index (κ1) is 24.6. The number of methoxy groups -OCH3 is 1. The monoisotopic (exact) mass is 441 g/mol. The lowest BCUT2D eigenvalue weighted by Crippen LogP contribution is -2.47. The SMILES string of the molecule is CCN1CCCC1CNC(=NCc1cc(OC)ccc1OC(F)F)NCC(=O)N(C)C. The van der Waals surface area contributed by atoms with E-state index >= 15 is 0 Å². The predicted molar refractivity (Wildman–Crippen MR) is 116 cm³/mol. The maximum Gasteiger partial charge on any atom is 0.387 e. The van der Waals surface area contributed by atoms with Crippen LogP contribution in [0.25, 0.3) is 0 Å². The Morgan fingerprint density at radius 3 is 2.77 bits per heavy atom. The number of likely N-dealkylation sites (N-methyl/N-ethyl adjacent to an activating group) is 2. The number of amides is 1. The fraction of sp³-hybridized carbons (Fsp3) is 0.619. The molecule has 1 amide bonds. The standard InChI is InChI=1S/C21H33F2N5O3/c1-5-28-10-6-7-16(28)13-25-21(26-14-19(29)27(2)3)24-12-15-11-17(30-4)8-9-18(15)31-20(22)23/h8-9,11,16,20H,5-7,10,12-14H2,1-4H3,(H2,24,25,26). The molecule has 1 aliphatic rings. The summed E-state index contributed by atoms with van der Waals surface area (Å²) < 4.78 is 35.3. The van der Waals surface area contributed by atoms with Gasteiger partial charge in [-0.05, 0) is 44.1 Å². The lowest BCUT2D eigenvalue weighted by atomic mass is 10.2. The highest BCUT2D eigenvalue weighted by Gasteiger charge is 2.23. The topological polar surface area (TPSA) is 78.4 Å². The normalized spacial score (nSPS) is 17.0. The molecule has 1 saturated heterocycles. The van der Waals surface area contributed by atoms with Gasteiger partial charge in [-0.2, -0.15) is 8.78 Å². The molecule has 1 aliphatic heterocycles. The van der Waals surface area contributed by atoms with Crippen molar-refractivity contribution in [1.82, 2.24) is 20.4 Å². The van der Waals surface area contributed by atoms with Gasteiger partial charge in [-0.15, -0.1) is 0 Å². The van der Waals surface area contributed by atoms with Crippen LogP contribution in [-0.2, 0) is 11.3 Å². The number of hydrogen-bond acceptors (Lipinski definition) is 5. The van der Waals surface area contributed by atoms with Crippen molar-refractivity contribution in [2.45, 2.75) is 39.0 Å². The van der Waals surface area contributed by atoms with Crippen molar-refractivity contribution < 1.29 is 23.0 Å². The van der Waals surface area contributed by atoms with Crippen molar-refractivity contribution in [3.63, 3.8) is 0 Å². The van der Waals surface area contributed by atoms with Crippen LogP contribution in [-0.4, -0.2) is 81.7 Å². The zero-order valence-electron chi connectivity index (χ0n) is 18.7. The molecule has 1 unspecified atom stereocenters. The molecular weight excluding hydrogens is 408 g/mol. The third-order valence-corrected chi connectivity index (χ3v) is 5.21. The summed E-state index contributed by atoms with van der Waals surface area (Å²) in [6, 6.07) is 4.98. The van der Waals surface area contributed by atoms with E-state index in [2.05, 4.69) is 32.2 Å². The molecule has 0 spiro atoms. The van der Waals surface area contributed by atoms with Crippen LogP contribution in [0.3, 0.4) is 0 Å². The Morgan fingerprint density at radius 1 is 1.35 bits per heavy atom. The summed E-state index contributed by atoms with van der Waals surface area (Å²) in [7, 11) is 4.85. The quantitative estimate of drug-likeness (QED) is 0.427. The number of benzene rings is 1. The fourth-order valence-corrected chi connectivity index (χ4v) is 3.43. The molecule has 8 nitrogen and oxygen atoms in total. The molecule has 1 fully saturated rings. The summed E-state index contributed by atoms with van der Waals surface area (Å²) in [4.78, 5) is 20.4. The number of aliphatic imine (C=N–C) groups is 1. The van der Waals surface area contributed by atoms with E-state index in [1.54, 1.807) is 26.2 Å². The number of halogens is 2. The van der Waals surface area contributed by atoms with Crippen molar-refractivity contribution in [2.24, 2.45) is 4.99 Å². The zero-order chi connectivity index (χ0) is 22.8. The zero-order valence-corrected chi connectivity index (χ0v) is 18.7. The van der Waals surface area contributed by atoms with Gasteiger partial charge < -0.3 is 25.0 Å². The Labute approximate surface area is 182 Å². The third-order valence-electron chi connectivity index (χ3n) is 5.21. The van der Waals surface area contributed by atoms with E-state index in [4.69, 9.17) is 4.74 Å². The average molecular weight is 442 g/mol. The van der Waals surface area contributed by atoms with Gasteiger partial charge >= 0.3 is 6.61 Å². The van der Waals surface area contributed by atoms with Gasteiger partial charge in [0.25, 0.3) is 0 Å². The second-order valence-electron chi connectivity index (χ2n) is 7.46. The third kappa shape index (κ3) is 7.86. The number of guanidine groups is 1.